The van der Waals surface area contributed by atoms with Gasteiger partial charge in [0.25, 0.3) is 0 Å². The Balaban J connectivity index is 2.44. The molecular formula is C15H16Br3NS. The number of hydrogen-bond donors (Lipinski definition) is 1. The summed E-state index contributed by atoms with van der Waals surface area (Å²) < 4.78 is 3.44. The first-order chi connectivity index (χ1) is 9.54. The Hall–Kier alpha value is 0.320. The monoisotopic (exact) mass is 479 g/mol. The van der Waals surface area contributed by atoms with Crippen LogP contribution in [0.4, 0.5) is 0 Å². The van der Waals surface area contributed by atoms with E-state index in [0.29, 0.717) is 0 Å². The highest BCUT2D eigenvalue weighted by Crippen LogP contribution is 2.39. The van der Waals surface area contributed by atoms with Gasteiger partial charge in [-0.3, -0.25) is 0 Å². The first kappa shape index (κ1) is 16.7. The standard InChI is InChI=1S/C15H16Br3NS/c1-3-7-19-14(12-8-11(16)15(18)20-12)10-6-4-5-9(2)13(10)17/h4-6,8,14,19H,3,7H2,1-2H3. The quantitative estimate of drug-likeness (QED) is 0.518. The summed E-state index contributed by atoms with van der Waals surface area (Å²) >= 11 is 12.7. The van der Waals surface area contributed by atoms with Crippen LogP contribution in [0, 0.1) is 6.92 Å². The zero-order valence-corrected chi connectivity index (χ0v) is 16.9. The Labute approximate surface area is 149 Å². The van der Waals surface area contributed by atoms with Gasteiger partial charge in [0, 0.05) is 13.8 Å². The van der Waals surface area contributed by atoms with Crippen LogP contribution in [0.1, 0.15) is 35.4 Å². The van der Waals surface area contributed by atoms with Gasteiger partial charge in [0.1, 0.15) is 0 Å². The summed E-state index contributed by atoms with van der Waals surface area (Å²) in [6, 6.07) is 8.85. The van der Waals surface area contributed by atoms with Crippen LogP contribution < -0.4 is 5.32 Å². The summed E-state index contributed by atoms with van der Waals surface area (Å²) in [5, 5.41) is 3.65. The minimum absolute atomic E-state index is 0.219. The summed E-state index contributed by atoms with van der Waals surface area (Å²) in [5.74, 6) is 0. The van der Waals surface area contributed by atoms with Crippen LogP contribution in [0.2, 0.25) is 0 Å². The fourth-order valence-corrected chi connectivity index (χ4v) is 4.73. The van der Waals surface area contributed by atoms with Gasteiger partial charge in [-0.1, -0.05) is 41.1 Å². The van der Waals surface area contributed by atoms with Gasteiger partial charge in [-0.15, -0.1) is 11.3 Å². The molecule has 0 amide bonds. The zero-order valence-electron chi connectivity index (χ0n) is 11.3. The van der Waals surface area contributed by atoms with Crippen LogP contribution in [0.5, 0.6) is 0 Å². The van der Waals surface area contributed by atoms with Crippen molar-refractivity contribution in [2.75, 3.05) is 6.54 Å². The fourth-order valence-electron chi connectivity index (χ4n) is 2.05. The molecule has 0 aliphatic carbocycles. The van der Waals surface area contributed by atoms with Gasteiger partial charge in [0.2, 0.25) is 0 Å². The van der Waals surface area contributed by atoms with Crippen LogP contribution in [0.3, 0.4) is 0 Å². The number of hydrogen-bond acceptors (Lipinski definition) is 2. The van der Waals surface area contributed by atoms with Gasteiger partial charge in [0.15, 0.2) is 0 Å². The maximum Gasteiger partial charge on any atom is 0.0843 e. The molecule has 0 aliphatic heterocycles. The molecule has 5 heteroatoms. The van der Waals surface area contributed by atoms with Crippen molar-refractivity contribution >= 4 is 59.1 Å². The zero-order chi connectivity index (χ0) is 14.7. The molecule has 1 N–H and O–H groups in total. The van der Waals surface area contributed by atoms with Crippen molar-refractivity contribution in [3.8, 4) is 0 Å². The second kappa shape index (κ2) is 7.54. The minimum Gasteiger partial charge on any atom is -0.306 e. The second-order valence-electron chi connectivity index (χ2n) is 4.64. The Kier molecular flexibility index (Phi) is 6.29. The van der Waals surface area contributed by atoms with Gasteiger partial charge in [-0.2, -0.15) is 0 Å². The van der Waals surface area contributed by atoms with Gasteiger partial charge in [-0.05, 0) is 68.9 Å². The molecule has 1 unspecified atom stereocenters. The maximum atomic E-state index is 3.74. The van der Waals surface area contributed by atoms with E-state index in [4.69, 9.17) is 0 Å². The van der Waals surface area contributed by atoms with E-state index in [2.05, 4.69) is 91.2 Å². The molecule has 0 spiro atoms. The average molecular weight is 482 g/mol. The van der Waals surface area contributed by atoms with E-state index in [1.165, 1.54) is 20.5 Å². The van der Waals surface area contributed by atoms with E-state index in [-0.39, 0.29) is 6.04 Å². The molecule has 2 aromatic rings. The first-order valence-corrected chi connectivity index (χ1v) is 9.67. The predicted molar refractivity (Wildman–Crippen MR) is 98.7 cm³/mol. The van der Waals surface area contributed by atoms with Gasteiger partial charge in [-0.25, -0.2) is 0 Å². The van der Waals surface area contributed by atoms with Crippen molar-refractivity contribution in [2.24, 2.45) is 0 Å². The lowest BCUT2D eigenvalue weighted by Gasteiger charge is -2.20. The molecule has 20 heavy (non-hydrogen) atoms. The molecule has 0 fully saturated rings. The minimum atomic E-state index is 0.219. The molecule has 0 saturated carbocycles. The molecule has 1 nitrogen and oxygen atoms in total. The van der Waals surface area contributed by atoms with Gasteiger partial charge < -0.3 is 5.32 Å². The molecule has 0 radical (unpaired) electrons. The van der Waals surface area contributed by atoms with Crippen molar-refractivity contribution in [1.29, 1.82) is 0 Å². The largest absolute Gasteiger partial charge is 0.306 e. The highest BCUT2D eigenvalue weighted by atomic mass is 79.9. The lowest BCUT2D eigenvalue weighted by Crippen LogP contribution is -2.22. The van der Waals surface area contributed by atoms with Crippen molar-refractivity contribution < 1.29 is 0 Å². The molecule has 108 valence electrons. The van der Waals surface area contributed by atoms with Crippen LogP contribution >= 0.6 is 59.1 Å². The van der Waals surface area contributed by atoms with E-state index in [9.17, 15) is 0 Å². The molecule has 1 aromatic heterocycles. The van der Waals surface area contributed by atoms with Crippen molar-refractivity contribution in [2.45, 2.75) is 26.3 Å². The van der Waals surface area contributed by atoms with Crippen LogP contribution in [0.25, 0.3) is 0 Å². The van der Waals surface area contributed by atoms with Gasteiger partial charge >= 0.3 is 0 Å². The second-order valence-corrected chi connectivity index (χ2v) is 8.68. The number of halogens is 3. The van der Waals surface area contributed by atoms with E-state index < -0.39 is 0 Å². The Bertz CT molecular complexity index is 575. The predicted octanol–water partition coefficient (Wildman–Crippen LogP) is 6.43. The van der Waals surface area contributed by atoms with Gasteiger partial charge in [0.05, 0.1) is 9.83 Å². The number of thiophene rings is 1. The third-order valence-electron chi connectivity index (χ3n) is 3.08. The topological polar surface area (TPSA) is 12.0 Å². The number of aryl methyl sites for hydroxylation is 1. The van der Waals surface area contributed by atoms with Crippen molar-refractivity contribution in [3.05, 3.63) is 53.0 Å². The summed E-state index contributed by atoms with van der Waals surface area (Å²) in [5.41, 5.74) is 2.56. The average Bonchev–Trinajstić information content (AvgIpc) is 2.74. The Morgan fingerprint density at radius 1 is 1.25 bits per heavy atom. The third-order valence-corrected chi connectivity index (χ3v) is 7.48. The normalized spacial score (nSPS) is 12.7. The highest BCUT2D eigenvalue weighted by Gasteiger charge is 2.20. The molecule has 1 aromatic carbocycles. The third kappa shape index (κ3) is 3.74. The molecule has 0 bridgehead atoms. The lowest BCUT2D eigenvalue weighted by molar-refractivity contribution is 0.603. The molecule has 0 aliphatic rings. The van der Waals surface area contributed by atoms with E-state index >= 15 is 0 Å². The van der Waals surface area contributed by atoms with Crippen molar-refractivity contribution in [1.82, 2.24) is 5.32 Å². The smallest absolute Gasteiger partial charge is 0.0843 e. The van der Waals surface area contributed by atoms with Crippen LogP contribution in [-0.2, 0) is 0 Å². The van der Waals surface area contributed by atoms with Crippen LogP contribution in [-0.4, -0.2) is 6.54 Å². The highest BCUT2D eigenvalue weighted by molar-refractivity contribution is 9.13. The summed E-state index contributed by atoms with van der Waals surface area (Å²) in [6.45, 7) is 5.32. The van der Waals surface area contributed by atoms with E-state index in [0.717, 1.165) is 21.2 Å². The maximum absolute atomic E-state index is 3.74. The molecule has 1 atom stereocenters. The fraction of sp³-hybridized carbons (Fsp3) is 0.333. The Morgan fingerprint density at radius 3 is 2.60 bits per heavy atom. The summed E-state index contributed by atoms with van der Waals surface area (Å²) in [7, 11) is 0. The van der Waals surface area contributed by atoms with E-state index in [1.807, 2.05) is 0 Å². The molecular weight excluding hydrogens is 466 g/mol. The van der Waals surface area contributed by atoms with Crippen molar-refractivity contribution in [3.63, 3.8) is 0 Å². The molecule has 0 saturated heterocycles. The Morgan fingerprint density at radius 2 is 2.00 bits per heavy atom. The number of nitrogens with one attached hydrogen (secondary N) is 1. The number of benzene rings is 1. The van der Waals surface area contributed by atoms with Crippen LogP contribution in [0.15, 0.2) is 37.0 Å². The number of rotatable bonds is 5. The lowest BCUT2D eigenvalue weighted by atomic mass is 10.0. The summed E-state index contributed by atoms with van der Waals surface area (Å²) in [6.07, 6.45) is 1.12. The SMILES string of the molecule is CCCNC(c1cc(Br)c(Br)s1)c1cccc(C)c1Br. The molecule has 1 heterocycles. The van der Waals surface area contributed by atoms with E-state index in [1.54, 1.807) is 11.3 Å². The first-order valence-electron chi connectivity index (χ1n) is 6.47. The summed E-state index contributed by atoms with van der Waals surface area (Å²) in [4.78, 5) is 1.31. The molecule has 2 rings (SSSR count).